The first kappa shape index (κ1) is 13.0. The first-order valence-corrected chi connectivity index (χ1v) is 7.46. The summed E-state index contributed by atoms with van der Waals surface area (Å²) in [4.78, 5) is 19.8. The summed E-state index contributed by atoms with van der Waals surface area (Å²) in [5, 5.41) is 5.37. The number of nitrogens with zero attached hydrogens (tertiary/aromatic N) is 2. The minimum absolute atomic E-state index is 0.0107. The van der Waals surface area contributed by atoms with Crippen molar-refractivity contribution in [2.45, 2.75) is 12.7 Å². The molecule has 0 atom stereocenters. The van der Waals surface area contributed by atoms with Gasteiger partial charge in [0.15, 0.2) is 5.13 Å². The fourth-order valence-corrected chi connectivity index (χ4v) is 2.80. The number of anilines is 1. The minimum atomic E-state index is -0.0107. The molecule has 0 fully saturated rings. The van der Waals surface area contributed by atoms with Gasteiger partial charge in [0.25, 0.3) is 0 Å². The van der Waals surface area contributed by atoms with Crippen molar-refractivity contribution in [2.24, 2.45) is 0 Å². The van der Waals surface area contributed by atoms with Crippen LogP contribution >= 0.6 is 23.1 Å². The van der Waals surface area contributed by atoms with E-state index in [4.69, 9.17) is 0 Å². The zero-order chi connectivity index (χ0) is 12.8. The maximum absolute atomic E-state index is 11.6. The van der Waals surface area contributed by atoms with Gasteiger partial charge in [0.1, 0.15) is 0 Å². The van der Waals surface area contributed by atoms with Crippen molar-refractivity contribution in [3.8, 4) is 0 Å². The Morgan fingerprint density at radius 2 is 2.22 bits per heavy atom. The van der Waals surface area contributed by atoms with Crippen LogP contribution in [0.3, 0.4) is 0 Å². The smallest absolute Gasteiger partial charge is 0.236 e. The summed E-state index contributed by atoms with van der Waals surface area (Å²) in [6.45, 7) is 1.91. The van der Waals surface area contributed by atoms with E-state index in [1.807, 2.05) is 24.4 Å². The van der Waals surface area contributed by atoms with Gasteiger partial charge in [0.2, 0.25) is 5.91 Å². The maximum atomic E-state index is 11.6. The van der Waals surface area contributed by atoms with Crippen molar-refractivity contribution < 1.29 is 4.79 Å². The average Bonchev–Trinajstić information content (AvgIpc) is 2.76. The number of thiazole rings is 1. The predicted octanol–water partition coefficient (Wildman–Crippen LogP) is 2.72. The average molecular weight is 279 g/mol. The van der Waals surface area contributed by atoms with Gasteiger partial charge in [-0.05, 0) is 24.6 Å². The second-order valence-corrected chi connectivity index (χ2v) is 5.53. The molecular weight excluding hydrogens is 266 g/mol. The second-order valence-electron chi connectivity index (χ2n) is 3.69. The number of thioether (sulfide) groups is 1. The Kier molecular flexibility index (Phi) is 4.72. The Hall–Kier alpha value is -1.40. The molecule has 0 aliphatic carbocycles. The standard InChI is InChI=1S/C12H13N3OS2/c1-9-6-18-12(14-9)15-11(16)8-17-7-10-2-4-13-5-3-10/h2-6H,7-8H2,1H3,(H,14,15,16). The third-order valence-electron chi connectivity index (χ3n) is 2.12. The molecule has 1 N–H and O–H groups in total. The summed E-state index contributed by atoms with van der Waals surface area (Å²) < 4.78 is 0. The van der Waals surface area contributed by atoms with Crippen molar-refractivity contribution in [3.63, 3.8) is 0 Å². The molecule has 2 rings (SSSR count). The van der Waals surface area contributed by atoms with Crippen LogP contribution in [0.15, 0.2) is 29.9 Å². The fourth-order valence-electron chi connectivity index (χ4n) is 1.31. The summed E-state index contributed by atoms with van der Waals surface area (Å²) in [6, 6.07) is 3.91. The highest BCUT2D eigenvalue weighted by Gasteiger charge is 2.05. The molecule has 2 heterocycles. The minimum Gasteiger partial charge on any atom is -0.301 e. The van der Waals surface area contributed by atoms with Crippen molar-refractivity contribution in [1.29, 1.82) is 0 Å². The van der Waals surface area contributed by atoms with Crippen LogP contribution < -0.4 is 5.32 Å². The lowest BCUT2D eigenvalue weighted by atomic mass is 10.3. The van der Waals surface area contributed by atoms with Gasteiger partial charge in [-0.3, -0.25) is 9.78 Å². The molecule has 0 aromatic carbocycles. The van der Waals surface area contributed by atoms with E-state index in [-0.39, 0.29) is 5.91 Å². The number of nitrogens with one attached hydrogen (secondary N) is 1. The van der Waals surface area contributed by atoms with Gasteiger partial charge in [-0.2, -0.15) is 0 Å². The summed E-state index contributed by atoms with van der Waals surface area (Å²) in [5.41, 5.74) is 2.10. The summed E-state index contributed by atoms with van der Waals surface area (Å²) in [6.07, 6.45) is 3.52. The van der Waals surface area contributed by atoms with E-state index in [0.29, 0.717) is 10.9 Å². The topological polar surface area (TPSA) is 54.9 Å². The Morgan fingerprint density at radius 3 is 2.89 bits per heavy atom. The molecule has 0 spiro atoms. The molecule has 1 amide bonds. The summed E-state index contributed by atoms with van der Waals surface area (Å²) in [7, 11) is 0. The molecule has 6 heteroatoms. The normalized spacial score (nSPS) is 10.3. The molecule has 0 radical (unpaired) electrons. The largest absolute Gasteiger partial charge is 0.301 e. The van der Waals surface area contributed by atoms with E-state index in [0.717, 1.165) is 11.4 Å². The third kappa shape index (κ3) is 4.12. The van der Waals surface area contributed by atoms with E-state index in [2.05, 4.69) is 15.3 Å². The van der Waals surface area contributed by atoms with Crippen molar-refractivity contribution >= 4 is 34.1 Å². The lowest BCUT2D eigenvalue weighted by Crippen LogP contribution is -2.13. The van der Waals surface area contributed by atoms with Crippen molar-refractivity contribution in [3.05, 3.63) is 41.2 Å². The van der Waals surface area contributed by atoms with Gasteiger partial charge in [-0.25, -0.2) is 4.98 Å². The first-order chi connectivity index (χ1) is 8.74. The van der Waals surface area contributed by atoms with Crippen molar-refractivity contribution in [1.82, 2.24) is 9.97 Å². The van der Waals surface area contributed by atoms with Crippen LogP contribution in [-0.2, 0) is 10.5 Å². The number of aryl methyl sites for hydroxylation is 1. The van der Waals surface area contributed by atoms with Crippen LogP contribution in [0.5, 0.6) is 0 Å². The highest BCUT2D eigenvalue weighted by molar-refractivity contribution is 7.99. The molecule has 0 unspecified atom stereocenters. The van der Waals surface area contributed by atoms with Gasteiger partial charge in [0, 0.05) is 23.5 Å². The van der Waals surface area contributed by atoms with Gasteiger partial charge in [-0.1, -0.05) is 0 Å². The number of rotatable bonds is 5. The monoisotopic (exact) mass is 279 g/mol. The summed E-state index contributed by atoms with van der Waals surface area (Å²) >= 11 is 3.02. The zero-order valence-corrected chi connectivity index (χ0v) is 11.6. The van der Waals surface area contributed by atoms with Crippen LogP contribution in [0.2, 0.25) is 0 Å². The highest BCUT2D eigenvalue weighted by Crippen LogP contribution is 2.16. The van der Waals surface area contributed by atoms with Crippen LogP contribution in [0, 0.1) is 6.92 Å². The Balaban J connectivity index is 1.72. The highest BCUT2D eigenvalue weighted by atomic mass is 32.2. The molecule has 2 aromatic rings. The number of aromatic nitrogens is 2. The molecule has 4 nitrogen and oxygen atoms in total. The summed E-state index contributed by atoms with van der Waals surface area (Å²) in [5.74, 6) is 1.23. The number of carbonyl (C=O) groups excluding carboxylic acids is 1. The number of hydrogen-bond acceptors (Lipinski definition) is 5. The molecule has 2 aromatic heterocycles. The number of hydrogen-bond donors (Lipinski definition) is 1. The molecule has 0 saturated carbocycles. The lowest BCUT2D eigenvalue weighted by Gasteiger charge is -2.02. The molecule has 18 heavy (non-hydrogen) atoms. The van der Waals surface area contributed by atoms with E-state index in [1.165, 1.54) is 16.9 Å². The lowest BCUT2D eigenvalue weighted by molar-refractivity contribution is -0.113. The Bertz CT molecular complexity index is 513. The SMILES string of the molecule is Cc1csc(NC(=O)CSCc2ccncc2)n1. The van der Waals surface area contributed by atoms with E-state index in [9.17, 15) is 4.79 Å². The first-order valence-electron chi connectivity index (χ1n) is 5.42. The van der Waals surface area contributed by atoms with E-state index in [1.54, 1.807) is 24.2 Å². The fraction of sp³-hybridized carbons (Fsp3) is 0.250. The zero-order valence-electron chi connectivity index (χ0n) is 9.92. The van der Waals surface area contributed by atoms with E-state index >= 15 is 0 Å². The van der Waals surface area contributed by atoms with Crippen LogP contribution in [0.4, 0.5) is 5.13 Å². The Labute approximate surface area is 114 Å². The van der Waals surface area contributed by atoms with Crippen LogP contribution in [0.25, 0.3) is 0 Å². The molecule has 0 saturated heterocycles. The third-order valence-corrected chi connectivity index (χ3v) is 4.00. The predicted molar refractivity (Wildman–Crippen MR) is 75.9 cm³/mol. The van der Waals surface area contributed by atoms with Crippen molar-refractivity contribution in [2.75, 3.05) is 11.1 Å². The van der Waals surface area contributed by atoms with Gasteiger partial charge in [-0.15, -0.1) is 23.1 Å². The molecule has 0 bridgehead atoms. The van der Waals surface area contributed by atoms with Crippen LogP contribution in [0.1, 0.15) is 11.3 Å². The molecular formula is C12H13N3OS2. The molecule has 0 aliphatic rings. The number of pyridine rings is 1. The van der Waals surface area contributed by atoms with Gasteiger partial charge in [0.05, 0.1) is 11.4 Å². The number of amides is 1. The Morgan fingerprint density at radius 1 is 1.44 bits per heavy atom. The number of carbonyl (C=O) groups is 1. The quantitative estimate of drug-likeness (QED) is 0.914. The van der Waals surface area contributed by atoms with E-state index < -0.39 is 0 Å². The van der Waals surface area contributed by atoms with Gasteiger partial charge >= 0.3 is 0 Å². The molecule has 94 valence electrons. The molecule has 0 aliphatic heterocycles. The second kappa shape index (κ2) is 6.51. The maximum Gasteiger partial charge on any atom is 0.236 e. The van der Waals surface area contributed by atoms with Gasteiger partial charge < -0.3 is 5.32 Å². The van der Waals surface area contributed by atoms with Crippen LogP contribution in [-0.4, -0.2) is 21.6 Å².